The first kappa shape index (κ1) is 21.1. The Hall–Kier alpha value is -4.18. The zero-order chi connectivity index (χ0) is 22.8. The fraction of sp³-hybridized carbons (Fsp3) is 0.0476. The van der Waals surface area contributed by atoms with Gasteiger partial charge >= 0.3 is 0 Å². The molecule has 6 N–H and O–H groups in total. The van der Waals surface area contributed by atoms with Gasteiger partial charge in [0.1, 0.15) is 40.8 Å². The lowest BCUT2D eigenvalue weighted by Gasteiger charge is -2.26. The molecule has 0 aliphatic carbocycles. The Balaban J connectivity index is 1.72. The van der Waals surface area contributed by atoms with Crippen molar-refractivity contribution in [3.8, 4) is 23.8 Å². The zero-order valence-electron chi connectivity index (χ0n) is 16.2. The maximum absolute atomic E-state index is 9.41. The third-order valence-electron chi connectivity index (χ3n) is 4.68. The van der Waals surface area contributed by atoms with Crippen molar-refractivity contribution in [2.24, 2.45) is 4.99 Å². The van der Waals surface area contributed by atoms with Crippen LogP contribution in [0, 0.1) is 22.8 Å². The number of nitriles is 2. The van der Waals surface area contributed by atoms with Gasteiger partial charge in [0.2, 0.25) is 5.96 Å². The predicted octanol–water partition coefficient (Wildman–Crippen LogP) is 4.16. The van der Waals surface area contributed by atoms with Gasteiger partial charge in [-0.05, 0) is 35.9 Å². The number of nitrogens with zero attached hydrogens (tertiary/aromatic N) is 4. The van der Waals surface area contributed by atoms with Crippen LogP contribution >= 0.6 is 23.2 Å². The van der Waals surface area contributed by atoms with Gasteiger partial charge in [-0.1, -0.05) is 35.3 Å². The van der Waals surface area contributed by atoms with Crippen LogP contribution in [0.25, 0.3) is 0 Å². The van der Waals surface area contributed by atoms with E-state index in [1.807, 2.05) is 12.3 Å². The third kappa shape index (κ3) is 3.91. The summed E-state index contributed by atoms with van der Waals surface area (Å²) >= 11 is 12.1. The lowest BCUT2D eigenvalue weighted by Crippen LogP contribution is -2.32. The number of nitrogens with one attached hydrogen (secondary N) is 2. The van der Waals surface area contributed by atoms with Crippen molar-refractivity contribution < 1.29 is 4.74 Å². The highest BCUT2D eigenvalue weighted by molar-refractivity contribution is 6.35. The minimum absolute atomic E-state index is 0.0169. The molecular formula is C21H14Cl2N8O. The highest BCUT2D eigenvalue weighted by Crippen LogP contribution is 2.41. The van der Waals surface area contributed by atoms with E-state index in [9.17, 15) is 5.26 Å². The van der Waals surface area contributed by atoms with Gasteiger partial charge in [-0.2, -0.15) is 10.5 Å². The van der Waals surface area contributed by atoms with Crippen molar-refractivity contribution in [3.05, 3.63) is 69.2 Å². The topological polar surface area (TPSA) is 158 Å². The fourth-order valence-corrected chi connectivity index (χ4v) is 3.67. The molecular weight excluding hydrogens is 451 g/mol. The molecule has 158 valence electrons. The van der Waals surface area contributed by atoms with E-state index in [-0.39, 0.29) is 23.0 Å². The number of aromatic nitrogens is 1. The summed E-state index contributed by atoms with van der Waals surface area (Å²) in [6.45, 7) is 0. The largest absolute Gasteiger partial charge is 0.456 e. The molecule has 0 amide bonds. The molecule has 2 heterocycles. The summed E-state index contributed by atoms with van der Waals surface area (Å²) in [5.41, 5.74) is 13.5. The van der Waals surface area contributed by atoms with Crippen LogP contribution in [-0.2, 0) is 0 Å². The first-order chi connectivity index (χ1) is 15.4. The van der Waals surface area contributed by atoms with E-state index in [1.165, 1.54) is 0 Å². The molecule has 3 aromatic rings. The second-order valence-electron chi connectivity index (χ2n) is 6.65. The number of nitrogens with two attached hydrogens (primary N) is 2. The Bertz CT molecular complexity index is 1330. The average molecular weight is 465 g/mol. The van der Waals surface area contributed by atoms with Crippen LogP contribution in [0.15, 0.2) is 47.5 Å². The van der Waals surface area contributed by atoms with E-state index in [4.69, 9.17) is 44.7 Å². The highest BCUT2D eigenvalue weighted by atomic mass is 35.5. The van der Waals surface area contributed by atoms with Crippen molar-refractivity contribution in [3.63, 3.8) is 0 Å². The monoisotopic (exact) mass is 464 g/mol. The van der Waals surface area contributed by atoms with Gasteiger partial charge < -0.3 is 21.5 Å². The minimum Gasteiger partial charge on any atom is -0.456 e. The quantitative estimate of drug-likeness (QED) is 0.332. The van der Waals surface area contributed by atoms with Crippen molar-refractivity contribution >= 4 is 46.5 Å². The van der Waals surface area contributed by atoms with Crippen LogP contribution in [0.4, 0.5) is 17.3 Å². The fourth-order valence-electron chi connectivity index (χ4n) is 3.23. The van der Waals surface area contributed by atoms with Crippen LogP contribution in [0.5, 0.6) is 11.5 Å². The molecule has 1 atom stereocenters. The number of benzene rings is 2. The summed E-state index contributed by atoms with van der Waals surface area (Å²) in [5.74, 6) is 1.46. The minimum atomic E-state index is -0.643. The molecule has 2 aromatic carbocycles. The number of nitrogen functional groups attached to an aromatic ring is 2. The molecule has 1 aliphatic heterocycles. The van der Waals surface area contributed by atoms with Crippen LogP contribution in [0.2, 0.25) is 10.0 Å². The molecule has 0 radical (unpaired) electrons. The molecule has 0 bridgehead atoms. The molecule has 0 spiro atoms. The number of pyridine rings is 1. The summed E-state index contributed by atoms with van der Waals surface area (Å²) < 4.78 is 5.82. The van der Waals surface area contributed by atoms with Gasteiger partial charge in [0.15, 0.2) is 6.19 Å². The van der Waals surface area contributed by atoms with Gasteiger partial charge in [-0.15, -0.1) is 0 Å². The number of anilines is 3. The second-order valence-corrected chi connectivity index (χ2v) is 7.49. The van der Waals surface area contributed by atoms with Gasteiger partial charge in [0, 0.05) is 10.6 Å². The van der Waals surface area contributed by atoms with Crippen LogP contribution < -0.4 is 26.8 Å². The van der Waals surface area contributed by atoms with E-state index < -0.39 is 6.04 Å². The summed E-state index contributed by atoms with van der Waals surface area (Å²) in [6, 6.07) is 13.3. The summed E-state index contributed by atoms with van der Waals surface area (Å²) in [6.07, 6.45) is 1.81. The molecule has 0 fully saturated rings. The Morgan fingerprint density at radius 2 is 1.84 bits per heavy atom. The predicted molar refractivity (Wildman–Crippen MR) is 122 cm³/mol. The smallest absolute Gasteiger partial charge is 0.211 e. The number of halogens is 2. The highest BCUT2D eigenvalue weighted by Gasteiger charge is 2.29. The van der Waals surface area contributed by atoms with Gasteiger partial charge in [-0.3, -0.25) is 5.32 Å². The van der Waals surface area contributed by atoms with Gasteiger partial charge in [0.25, 0.3) is 0 Å². The lowest BCUT2D eigenvalue weighted by atomic mass is 9.95. The molecule has 11 heteroatoms. The Kier molecular flexibility index (Phi) is 5.61. The molecule has 0 saturated heterocycles. The molecule has 0 saturated carbocycles. The molecule has 32 heavy (non-hydrogen) atoms. The van der Waals surface area contributed by atoms with Crippen molar-refractivity contribution in [2.45, 2.75) is 6.04 Å². The van der Waals surface area contributed by atoms with E-state index >= 15 is 0 Å². The summed E-state index contributed by atoms with van der Waals surface area (Å²) in [4.78, 5) is 8.74. The zero-order valence-corrected chi connectivity index (χ0v) is 17.7. The number of aliphatic imine (C=N–C) groups is 1. The van der Waals surface area contributed by atoms with Crippen molar-refractivity contribution in [1.29, 1.82) is 10.5 Å². The normalized spacial score (nSPS) is 14.2. The van der Waals surface area contributed by atoms with E-state index in [2.05, 4.69) is 20.6 Å². The number of rotatable bonds is 3. The molecule has 9 nitrogen and oxygen atoms in total. The standard InChI is InChI=1S/C21H14Cl2N8O/c22-11-3-6-15(14(23)7-11)32-12-4-1-10(2-5-12)18-16-17(26)13(8-24)19(27)30-20(16)31-21(29-18)28-9-25/h1-7,18H,(H6,26,27,28,29,30,31). The summed E-state index contributed by atoms with van der Waals surface area (Å²) in [7, 11) is 0. The van der Waals surface area contributed by atoms with E-state index in [1.54, 1.807) is 42.5 Å². The molecule has 1 aliphatic rings. The van der Waals surface area contributed by atoms with Crippen molar-refractivity contribution in [1.82, 2.24) is 10.3 Å². The Morgan fingerprint density at radius 1 is 1.09 bits per heavy atom. The Morgan fingerprint density at radius 3 is 2.50 bits per heavy atom. The van der Waals surface area contributed by atoms with Gasteiger partial charge in [-0.25, -0.2) is 9.98 Å². The Labute approximate surface area is 192 Å². The number of guanidine groups is 1. The number of hydrogen-bond donors (Lipinski definition) is 4. The average Bonchev–Trinajstić information content (AvgIpc) is 2.76. The van der Waals surface area contributed by atoms with Crippen LogP contribution in [0.1, 0.15) is 22.7 Å². The third-order valence-corrected chi connectivity index (χ3v) is 5.21. The number of fused-ring (bicyclic) bond motifs is 1. The van der Waals surface area contributed by atoms with E-state index in [0.717, 1.165) is 5.56 Å². The van der Waals surface area contributed by atoms with Gasteiger partial charge in [0.05, 0.1) is 10.7 Å². The lowest BCUT2D eigenvalue weighted by molar-refractivity contribution is 0.482. The number of ether oxygens (including phenoxy) is 1. The molecule has 1 unspecified atom stereocenters. The maximum Gasteiger partial charge on any atom is 0.211 e. The molecule has 4 rings (SSSR count). The maximum atomic E-state index is 9.41. The first-order valence-electron chi connectivity index (χ1n) is 9.13. The van der Waals surface area contributed by atoms with E-state index in [0.29, 0.717) is 32.9 Å². The van der Waals surface area contributed by atoms with Crippen LogP contribution in [-0.4, -0.2) is 10.9 Å². The molecule has 1 aromatic heterocycles. The second kappa shape index (κ2) is 8.52. The first-order valence-corrected chi connectivity index (χ1v) is 9.88. The number of hydrogen-bond acceptors (Lipinski definition) is 9. The van der Waals surface area contributed by atoms with Crippen molar-refractivity contribution in [2.75, 3.05) is 16.8 Å². The SMILES string of the molecule is N#CNC1=NC(c2ccc(Oc3ccc(Cl)cc3Cl)cc2)c2c(nc(N)c(C#N)c2N)N1. The summed E-state index contributed by atoms with van der Waals surface area (Å²) in [5, 5.41) is 24.6. The van der Waals surface area contributed by atoms with Crippen LogP contribution in [0.3, 0.4) is 0 Å².